The van der Waals surface area contributed by atoms with Crippen LogP contribution in [0.2, 0.25) is 0 Å². The zero-order chi connectivity index (χ0) is 30.0. The van der Waals surface area contributed by atoms with Crippen LogP contribution in [-0.2, 0) is 22.5 Å². The molecule has 1 fully saturated rings. The van der Waals surface area contributed by atoms with Crippen molar-refractivity contribution in [3.05, 3.63) is 102 Å². The third-order valence-corrected chi connectivity index (χ3v) is 8.51. The summed E-state index contributed by atoms with van der Waals surface area (Å²) in [5, 5.41) is 1.99. The van der Waals surface area contributed by atoms with Gasteiger partial charge in [-0.1, -0.05) is 89.9 Å². The van der Waals surface area contributed by atoms with Crippen LogP contribution in [0.4, 0.5) is 0 Å². The number of hydrogen-bond donors (Lipinski definition) is 0. The molecule has 0 amide bonds. The normalized spacial score (nSPS) is 17.3. The largest absolute Gasteiger partial charge is 0.496 e. The molecule has 0 spiro atoms. The predicted octanol–water partition coefficient (Wildman–Crippen LogP) is 7.63. The Bertz CT molecular complexity index is 1430. The summed E-state index contributed by atoms with van der Waals surface area (Å²) in [5.41, 5.74) is 3.40. The lowest BCUT2D eigenvalue weighted by atomic mass is 9.87. The molecular weight excluding hydrogens is 585 g/mol. The maximum atomic E-state index is 6.63. The number of hydrogen-bond acceptors (Lipinski definition) is 6. The topological polar surface area (TPSA) is 49.4 Å². The number of nitrogens with zero attached hydrogens (tertiary/aromatic N) is 1. The number of rotatable bonds is 14. The van der Waals surface area contributed by atoms with Crippen molar-refractivity contribution < 1.29 is 23.7 Å². The van der Waals surface area contributed by atoms with E-state index in [0.29, 0.717) is 33.0 Å². The molecule has 228 valence electrons. The van der Waals surface area contributed by atoms with E-state index in [4.69, 9.17) is 46.9 Å². The molecule has 43 heavy (non-hydrogen) atoms. The van der Waals surface area contributed by atoms with Gasteiger partial charge in [0.2, 0.25) is 0 Å². The smallest absolute Gasteiger partial charge is 0.160 e. The number of halogens is 2. The van der Waals surface area contributed by atoms with Gasteiger partial charge in [-0.2, -0.15) is 0 Å². The van der Waals surface area contributed by atoms with Gasteiger partial charge in [0.1, 0.15) is 23.9 Å². The fourth-order valence-electron chi connectivity index (χ4n) is 5.72. The highest BCUT2D eigenvalue weighted by atomic mass is 35.5. The van der Waals surface area contributed by atoms with Crippen molar-refractivity contribution in [3.8, 4) is 17.2 Å². The Balaban J connectivity index is 1.21. The molecule has 0 bridgehead atoms. The van der Waals surface area contributed by atoms with Gasteiger partial charge in [-0.25, -0.2) is 0 Å². The maximum Gasteiger partial charge on any atom is 0.160 e. The molecule has 4 aromatic rings. The van der Waals surface area contributed by atoms with Crippen molar-refractivity contribution in [2.45, 2.75) is 36.4 Å². The summed E-state index contributed by atoms with van der Waals surface area (Å²) in [4.78, 5) is 1.45. The fourth-order valence-corrected chi connectivity index (χ4v) is 6.07. The summed E-state index contributed by atoms with van der Waals surface area (Å²) in [6.45, 7) is 3.49. The number of piperidine rings is 1. The quantitative estimate of drug-likeness (QED) is 0.0817. The lowest BCUT2D eigenvalue weighted by molar-refractivity contribution is -0.0231. The molecule has 0 N–H and O–H groups in total. The molecule has 8 heteroatoms. The van der Waals surface area contributed by atoms with Crippen molar-refractivity contribution in [3.63, 3.8) is 0 Å². The second-order valence-corrected chi connectivity index (χ2v) is 11.6. The zero-order valence-corrected chi connectivity index (χ0v) is 26.2. The van der Waals surface area contributed by atoms with Crippen molar-refractivity contribution >= 4 is 34.0 Å². The molecular formula is C35H39Cl2NO5. The minimum atomic E-state index is -0.590. The average molecular weight is 625 g/mol. The Labute approximate surface area is 264 Å². The Morgan fingerprint density at radius 1 is 0.837 bits per heavy atom. The Morgan fingerprint density at radius 2 is 1.58 bits per heavy atom. The van der Waals surface area contributed by atoms with Crippen LogP contribution in [-0.4, -0.2) is 63.1 Å². The van der Waals surface area contributed by atoms with E-state index < -0.39 is 4.96 Å². The summed E-state index contributed by atoms with van der Waals surface area (Å²) in [5.74, 6) is 2.57. The second kappa shape index (κ2) is 15.6. The minimum absolute atomic E-state index is 0.124. The number of alkyl halides is 2. The number of ether oxygens (including phenoxy) is 5. The second-order valence-electron chi connectivity index (χ2n) is 10.6. The van der Waals surface area contributed by atoms with Crippen LogP contribution in [0.15, 0.2) is 84.9 Å². The first kappa shape index (κ1) is 31.4. The van der Waals surface area contributed by atoms with Crippen molar-refractivity contribution in [2.75, 3.05) is 47.1 Å². The Morgan fingerprint density at radius 3 is 2.30 bits per heavy atom. The summed E-state index contributed by atoms with van der Waals surface area (Å²) >= 11 is 12.6. The minimum Gasteiger partial charge on any atom is -0.496 e. The maximum absolute atomic E-state index is 6.63. The van der Waals surface area contributed by atoms with Crippen LogP contribution in [0.5, 0.6) is 17.2 Å². The van der Waals surface area contributed by atoms with Gasteiger partial charge in [-0.3, -0.25) is 4.90 Å². The van der Waals surface area contributed by atoms with E-state index in [2.05, 4.69) is 24.3 Å². The third kappa shape index (κ3) is 8.14. The number of fused-ring (bicyclic) bond motifs is 1. The van der Waals surface area contributed by atoms with Crippen LogP contribution in [0, 0.1) is 0 Å². The zero-order valence-electron chi connectivity index (χ0n) is 24.7. The highest BCUT2D eigenvalue weighted by molar-refractivity contribution is 6.43. The molecule has 5 rings (SSSR count). The number of likely N-dealkylation sites (tertiary alicyclic amines) is 1. The Hall–Kier alpha value is -3.00. The molecule has 0 radical (unpaired) electrons. The van der Waals surface area contributed by atoms with Crippen LogP contribution >= 0.6 is 23.2 Å². The van der Waals surface area contributed by atoms with Gasteiger partial charge < -0.3 is 23.7 Å². The number of benzene rings is 4. The van der Waals surface area contributed by atoms with Gasteiger partial charge in [-0.05, 0) is 42.2 Å². The highest BCUT2D eigenvalue weighted by Crippen LogP contribution is 2.39. The van der Waals surface area contributed by atoms with E-state index in [1.54, 1.807) is 14.2 Å². The molecule has 1 aliphatic heterocycles. The molecule has 2 atom stereocenters. The van der Waals surface area contributed by atoms with E-state index in [9.17, 15) is 0 Å². The standard InChI is InChI=1S/C35H39Cl2NO5/c1-39-32-22-27(34(40-2)31-11-7-6-10-30(31)32)24-43-33-23-38(35(36)37)18-16-29(33)26-12-14-28(15-13-26)42-21-20-41-19-17-25-8-4-3-5-9-25/h3-15,22,29,33,35H,16-21,23-24H2,1-2H3. The van der Waals surface area contributed by atoms with Gasteiger partial charge in [0.15, 0.2) is 4.96 Å². The SMILES string of the molecule is COc1cc(COC2CN(C(Cl)Cl)CCC2c2ccc(OCCOCCc3ccccc3)cc2)c(OC)c2ccccc12. The van der Waals surface area contributed by atoms with E-state index in [-0.39, 0.29) is 12.0 Å². The monoisotopic (exact) mass is 623 g/mol. The molecule has 0 aromatic heterocycles. The van der Waals surface area contributed by atoms with Crippen LogP contribution in [0.1, 0.15) is 29.0 Å². The molecule has 2 unspecified atom stereocenters. The third-order valence-electron chi connectivity index (χ3n) is 7.96. The molecule has 4 aromatic carbocycles. The van der Waals surface area contributed by atoms with Gasteiger partial charge in [0, 0.05) is 35.3 Å². The van der Waals surface area contributed by atoms with Crippen LogP contribution < -0.4 is 14.2 Å². The lowest BCUT2D eigenvalue weighted by Crippen LogP contribution is -2.45. The molecule has 0 aliphatic carbocycles. The van der Waals surface area contributed by atoms with Gasteiger partial charge in [0.05, 0.1) is 40.1 Å². The average Bonchev–Trinajstić information content (AvgIpc) is 3.05. The van der Waals surface area contributed by atoms with E-state index in [0.717, 1.165) is 53.0 Å². The predicted molar refractivity (Wildman–Crippen MR) is 173 cm³/mol. The highest BCUT2D eigenvalue weighted by Gasteiger charge is 2.33. The van der Waals surface area contributed by atoms with Gasteiger partial charge >= 0.3 is 0 Å². The van der Waals surface area contributed by atoms with E-state index in [1.807, 2.05) is 65.6 Å². The van der Waals surface area contributed by atoms with Crippen molar-refractivity contribution in [1.82, 2.24) is 4.90 Å². The van der Waals surface area contributed by atoms with Crippen LogP contribution in [0.3, 0.4) is 0 Å². The molecule has 1 heterocycles. The molecule has 0 saturated carbocycles. The van der Waals surface area contributed by atoms with Crippen LogP contribution in [0.25, 0.3) is 10.8 Å². The molecule has 1 aliphatic rings. The number of methoxy groups -OCH3 is 2. The summed E-state index contributed by atoms with van der Waals surface area (Å²) in [7, 11) is 3.37. The molecule has 6 nitrogen and oxygen atoms in total. The first-order chi connectivity index (χ1) is 21.1. The lowest BCUT2D eigenvalue weighted by Gasteiger charge is -2.39. The first-order valence-corrected chi connectivity index (χ1v) is 15.6. The summed E-state index contributed by atoms with van der Waals surface area (Å²) in [6, 6.07) is 28.7. The van der Waals surface area contributed by atoms with Crippen molar-refractivity contribution in [2.24, 2.45) is 0 Å². The summed E-state index contributed by atoms with van der Waals surface area (Å²) < 4.78 is 29.9. The van der Waals surface area contributed by atoms with Crippen molar-refractivity contribution in [1.29, 1.82) is 0 Å². The van der Waals surface area contributed by atoms with E-state index in [1.165, 1.54) is 11.1 Å². The van der Waals surface area contributed by atoms with E-state index >= 15 is 0 Å². The first-order valence-electron chi connectivity index (χ1n) is 14.7. The molecule has 1 saturated heterocycles. The van der Waals surface area contributed by atoms with Gasteiger partial charge in [-0.15, -0.1) is 0 Å². The van der Waals surface area contributed by atoms with Gasteiger partial charge in [0.25, 0.3) is 0 Å². The Kier molecular flexibility index (Phi) is 11.4. The fraction of sp³-hybridized carbons (Fsp3) is 0.371. The summed E-state index contributed by atoms with van der Waals surface area (Å²) in [6.07, 6.45) is 1.64.